The maximum absolute atomic E-state index is 13.4. The number of nitrogens with zero attached hydrogens (tertiary/aromatic N) is 2. The number of benzene rings is 2. The summed E-state index contributed by atoms with van der Waals surface area (Å²) in [5, 5.41) is 4.26. The highest BCUT2D eigenvalue weighted by atomic mass is 32.2. The molecular weight excluding hydrogens is 510 g/mol. The van der Waals surface area contributed by atoms with Crippen molar-refractivity contribution in [1.82, 2.24) is 4.90 Å². The van der Waals surface area contributed by atoms with Crippen molar-refractivity contribution in [2.24, 2.45) is 10.9 Å². The lowest BCUT2D eigenvalue weighted by molar-refractivity contribution is -0.253. The van der Waals surface area contributed by atoms with Gasteiger partial charge in [0.05, 0.1) is 11.3 Å². The minimum atomic E-state index is -4.59. The summed E-state index contributed by atoms with van der Waals surface area (Å²) in [5.41, 5.74) is 1.50. The fourth-order valence-electron chi connectivity index (χ4n) is 3.81. The summed E-state index contributed by atoms with van der Waals surface area (Å²) in [6, 6.07) is 15.5. The number of unbranched alkanes of at least 4 members (excludes halogenated alkanes) is 1. The molecule has 0 saturated carbocycles. The zero-order valence-corrected chi connectivity index (χ0v) is 22.1. The quantitative estimate of drug-likeness (QED) is 0.187. The van der Waals surface area contributed by atoms with Gasteiger partial charge in [0, 0.05) is 18.3 Å². The first-order chi connectivity index (χ1) is 17.1. The first kappa shape index (κ1) is 28.2. The van der Waals surface area contributed by atoms with Gasteiger partial charge in [0.15, 0.2) is 10.3 Å². The number of hydrogen-bond acceptors (Lipinski definition) is 4. The molecule has 2 atom stereocenters. The minimum absolute atomic E-state index is 0.0330. The van der Waals surface area contributed by atoms with Gasteiger partial charge in [-0.2, -0.15) is 17.6 Å². The fraction of sp³-hybridized carbons (Fsp3) is 0.462. The van der Waals surface area contributed by atoms with E-state index in [4.69, 9.17) is 17.2 Å². The lowest BCUT2D eigenvalue weighted by Crippen LogP contribution is -2.41. The summed E-state index contributed by atoms with van der Waals surface area (Å²) < 4.78 is 56.0. The molecule has 0 spiro atoms. The van der Waals surface area contributed by atoms with Gasteiger partial charge < -0.3 is 10.1 Å². The number of anilines is 1. The number of thioether (sulfide) groups is 1. The van der Waals surface area contributed by atoms with Gasteiger partial charge in [-0.15, -0.1) is 0 Å². The van der Waals surface area contributed by atoms with Gasteiger partial charge in [0.2, 0.25) is 0 Å². The molecule has 4 nitrogen and oxygen atoms in total. The van der Waals surface area contributed by atoms with Crippen molar-refractivity contribution < 1.29 is 22.3 Å². The molecule has 0 radical (unpaired) electrons. The first-order valence-corrected chi connectivity index (χ1v) is 13.2. The van der Waals surface area contributed by atoms with Crippen LogP contribution in [0.1, 0.15) is 50.8 Å². The Kier molecular flexibility index (Phi) is 10.0. The second kappa shape index (κ2) is 12.8. The SMILES string of the molecule is CC(C)CCCC/N=C1/SC(c2ccccc2)C(C)N1C(=S)Nc1cccc(OC(F)(F)C(F)F)c1. The van der Waals surface area contributed by atoms with Crippen LogP contribution in [-0.2, 0) is 0 Å². The number of thiocarbonyl (C=S) groups is 1. The second-order valence-corrected chi connectivity index (χ2v) is 10.5. The van der Waals surface area contributed by atoms with Gasteiger partial charge in [-0.1, -0.05) is 74.8 Å². The van der Waals surface area contributed by atoms with E-state index in [1.54, 1.807) is 17.8 Å². The monoisotopic (exact) mass is 541 g/mol. The van der Waals surface area contributed by atoms with Crippen molar-refractivity contribution in [3.63, 3.8) is 0 Å². The van der Waals surface area contributed by atoms with Crippen LogP contribution in [0.5, 0.6) is 5.75 Å². The Bertz CT molecular complexity index is 1040. The summed E-state index contributed by atoms with van der Waals surface area (Å²) in [6.45, 7) is 7.13. The van der Waals surface area contributed by atoms with Crippen LogP contribution in [0.25, 0.3) is 0 Å². The molecule has 1 saturated heterocycles. The third kappa shape index (κ3) is 7.59. The van der Waals surface area contributed by atoms with Crippen LogP contribution in [-0.4, -0.2) is 40.3 Å². The number of amidine groups is 1. The molecule has 3 rings (SSSR count). The maximum atomic E-state index is 13.4. The molecule has 196 valence electrons. The average molecular weight is 542 g/mol. The highest BCUT2D eigenvalue weighted by Crippen LogP contribution is 2.43. The number of alkyl halides is 4. The molecule has 1 aliphatic heterocycles. The predicted octanol–water partition coefficient (Wildman–Crippen LogP) is 7.98. The van der Waals surface area contributed by atoms with Gasteiger partial charge >= 0.3 is 12.5 Å². The number of halogens is 4. The molecule has 1 aliphatic rings. The second-order valence-electron chi connectivity index (χ2n) is 9.04. The van der Waals surface area contributed by atoms with E-state index in [-0.39, 0.29) is 11.3 Å². The van der Waals surface area contributed by atoms with Crippen molar-refractivity contribution in [2.45, 2.75) is 63.9 Å². The van der Waals surface area contributed by atoms with Gasteiger partial charge in [-0.25, -0.2) is 0 Å². The average Bonchev–Trinajstić information content (AvgIpc) is 3.15. The molecule has 2 unspecified atom stereocenters. The van der Waals surface area contributed by atoms with E-state index in [1.807, 2.05) is 23.1 Å². The molecule has 2 aromatic carbocycles. The summed E-state index contributed by atoms with van der Waals surface area (Å²) >= 11 is 7.33. The molecule has 0 aromatic heterocycles. The van der Waals surface area contributed by atoms with Crippen molar-refractivity contribution >= 4 is 39.9 Å². The number of nitrogens with one attached hydrogen (secondary N) is 1. The number of aliphatic imine (C=N–C) groups is 1. The molecule has 36 heavy (non-hydrogen) atoms. The molecule has 2 aromatic rings. The summed E-state index contributed by atoms with van der Waals surface area (Å²) in [7, 11) is 0. The number of rotatable bonds is 10. The molecule has 1 fully saturated rings. The Labute approximate surface area is 219 Å². The van der Waals surface area contributed by atoms with Crippen LogP contribution in [0, 0.1) is 5.92 Å². The molecule has 10 heteroatoms. The third-order valence-electron chi connectivity index (χ3n) is 5.66. The van der Waals surface area contributed by atoms with E-state index in [9.17, 15) is 17.6 Å². The van der Waals surface area contributed by atoms with E-state index in [0.717, 1.165) is 30.0 Å². The smallest absolute Gasteiger partial charge is 0.428 e. The Hall–Kier alpha value is -2.33. The topological polar surface area (TPSA) is 36.9 Å². The molecule has 0 amide bonds. The van der Waals surface area contributed by atoms with Crippen LogP contribution in [0.4, 0.5) is 23.2 Å². The third-order valence-corrected chi connectivity index (χ3v) is 7.42. The van der Waals surface area contributed by atoms with Gasteiger partial charge in [0.1, 0.15) is 5.75 Å². The Morgan fingerprint density at radius 2 is 1.86 bits per heavy atom. The highest BCUT2D eigenvalue weighted by Gasteiger charge is 2.44. The first-order valence-electron chi connectivity index (χ1n) is 11.9. The van der Waals surface area contributed by atoms with E-state index >= 15 is 0 Å². The van der Waals surface area contributed by atoms with Crippen LogP contribution in [0.15, 0.2) is 59.6 Å². The summed E-state index contributed by atoms with van der Waals surface area (Å²) in [6.07, 6.45) is -5.31. The standard InChI is InChI=1S/C26H31F4N3OS2/c1-17(2)10-7-8-15-31-25-33(18(3)22(36-25)19-11-5-4-6-12-19)24(35)32-20-13-9-14-21(16-20)34-26(29,30)23(27)28/h4-6,9,11-14,16-18,22-23H,7-8,10,15H2,1-3H3,(H,32,35)/b31-25+. The Balaban J connectivity index is 1.77. The number of hydrogen-bond donors (Lipinski definition) is 1. The van der Waals surface area contributed by atoms with Crippen LogP contribution in [0.3, 0.4) is 0 Å². The molecule has 1 heterocycles. The van der Waals surface area contributed by atoms with Crippen molar-refractivity contribution in [1.29, 1.82) is 0 Å². The fourth-order valence-corrected chi connectivity index (χ4v) is 5.62. The van der Waals surface area contributed by atoms with E-state index in [2.05, 4.69) is 43.0 Å². The molecular formula is C26H31F4N3OS2. The predicted molar refractivity (Wildman–Crippen MR) is 143 cm³/mol. The summed E-state index contributed by atoms with van der Waals surface area (Å²) in [5.74, 6) is 0.257. The van der Waals surface area contributed by atoms with Crippen molar-refractivity contribution in [2.75, 3.05) is 11.9 Å². The van der Waals surface area contributed by atoms with Gasteiger partial charge in [-0.3, -0.25) is 9.89 Å². The Morgan fingerprint density at radius 1 is 1.14 bits per heavy atom. The number of ether oxygens (including phenoxy) is 1. The van der Waals surface area contributed by atoms with E-state index in [1.165, 1.54) is 18.2 Å². The highest BCUT2D eigenvalue weighted by molar-refractivity contribution is 8.14. The van der Waals surface area contributed by atoms with Crippen LogP contribution >= 0.6 is 24.0 Å². The van der Waals surface area contributed by atoms with Crippen molar-refractivity contribution in [3.05, 3.63) is 60.2 Å². The Morgan fingerprint density at radius 3 is 2.53 bits per heavy atom. The minimum Gasteiger partial charge on any atom is -0.428 e. The van der Waals surface area contributed by atoms with Crippen LogP contribution < -0.4 is 10.1 Å². The molecule has 0 aliphatic carbocycles. The van der Waals surface area contributed by atoms with Crippen LogP contribution in [0.2, 0.25) is 0 Å². The lowest BCUT2D eigenvalue weighted by atomic mass is 10.1. The zero-order valence-electron chi connectivity index (χ0n) is 20.5. The van der Waals surface area contributed by atoms with Gasteiger partial charge in [-0.05, 0) is 49.2 Å². The van der Waals surface area contributed by atoms with E-state index < -0.39 is 18.3 Å². The van der Waals surface area contributed by atoms with Crippen molar-refractivity contribution in [3.8, 4) is 5.75 Å². The molecule has 0 bridgehead atoms. The zero-order chi connectivity index (χ0) is 26.3. The normalized spacial score (nSPS) is 19.4. The lowest BCUT2D eigenvalue weighted by Gasteiger charge is -2.26. The maximum Gasteiger partial charge on any atom is 0.461 e. The molecule has 1 N–H and O–H groups in total. The van der Waals surface area contributed by atoms with Gasteiger partial charge in [0.25, 0.3) is 0 Å². The summed E-state index contributed by atoms with van der Waals surface area (Å²) in [4.78, 5) is 6.78. The largest absolute Gasteiger partial charge is 0.461 e. The van der Waals surface area contributed by atoms with E-state index in [0.29, 0.717) is 23.3 Å².